The molecule has 1 heterocycles. The lowest BCUT2D eigenvalue weighted by atomic mass is 9.97. The van der Waals surface area contributed by atoms with Crippen molar-refractivity contribution in [1.82, 2.24) is 0 Å². The first-order valence-corrected chi connectivity index (χ1v) is 15.7. The Morgan fingerprint density at radius 2 is 1.02 bits per heavy atom. The number of allylic oxidation sites excluding steroid dienone is 2. The Morgan fingerprint density at radius 3 is 1.84 bits per heavy atom. The van der Waals surface area contributed by atoms with E-state index in [1.807, 2.05) is 11.3 Å². The zero-order chi connectivity index (χ0) is 28.3. The zero-order valence-corrected chi connectivity index (χ0v) is 24.3. The number of rotatable bonds is 3. The molecule has 0 amide bonds. The summed E-state index contributed by atoms with van der Waals surface area (Å²) in [6, 6.07) is 48.7. The number of nitrogens with zero attached hydrogens (tertiary/aromatic N) is 1. The summed E-state index contributed by atoms with van der Waals surface area (Å²) in [5.41, 5.74) is 3.60. The van der Waals surface area contributed by atoms with Gasteiger partial charge in [-0.1, -0.05) is 127 Å². The van der Waals surface area contributed by atoms with Crippen molar-refractivity contribution in [1.29, 1.82) is 0 Å². The van der Waals surface area contributed by atoms with E-state index in [1.165, 1.54) is 80.0 Å². The summed E-state index contributed by atoms with van der Waals surface area (Å²) in [7, 11) is 0. The van der Waals surface area contributed by atoms with E-state index >= 15 is 0 Å². The van der Waals surface area contributed by atoms with Crippen LogP contribution in [0.1, 0.15) is 6.42 Å². The Balaban J connectivity index is 1.40. The van der Waals surface area contributed by atoms with E-state index < -0.39 is 0 Å². The summed E-state index contributed by atoms with van der Waals surface area (Å²) in [5.74, 6) is 0. The summed E-state index contributed by atoms with van der Waals surface area (Å²) in [6.07, 6.45) is 8.10. The minimum absolute atomic E-state index is 0.852. The minimum Gasteiger partial charge on any atom is -0.309 e. The maximum atomic E-state index is 2.51. The molecule has 1 nitrogen and oxygen atoms in total. The molecule has 0 saturated carbocycles. The molecule has 202 valence electrons. The van der Waals surface area contributed by atoms with Crippen LogP contribution in [-0.2, 0) is 0 Å². The molecule has 0 spiro atoms. The van der Waals surface area contributed by atoms with Gasteiger partial charge in [-0.15, -0.1) is 11.3 Å². The highest BCUT2D eigenvalue weighted by Gasteiger charge is 2.21. The molecule has 0 atom stereocenters. The molecule has 1 aliphatic rings. The first-order chi connectivity index (χ1) is 21.3. The predicted octanol–water partition coefficient (Wildman–Crippen LogP) is 10.2. The zero-order valence-electron chi connectivity index (χ0n) is 23.5. The highest BCUT2D eigenvalue weighted by Crippen LogP contribution is 2.44. The molecule has 9 rings (SSSR count). The van der Waals surface area contributed by atoms with Crippen LogP contribution in [0.4, 0.5) is 11.4 Å². The fourth-order valence-corrected chi connectivity index (χ4v) is 8.16. The fourth-order valence-electron chi connectivity index (χ4n) is 6.95. The van der Waals surface area contributed by atoms with Crippen molar-refractivity contribution >= 4 is 87.4 Å². The molecule has 0 N–H and O–H groups in total. The number of hydrogen-bond donors (Lipinski definition) is 0. The van der Waals surface area contributed by atoms with E-state index in [0.29, 0.717) is 0 Å². The van der Waals surface area contributed by atoms with Crippen LogP contribution in [0.3, 0.4) is 0 Å². The number of fused-ring (bicyclic) bond motifs is 10. The quantitative estimate of drug-likeness (QED) is 0.193. The summed E-state index contributed by atoms with van der Waals surface area (Å²) in [4.78, 5) is 2.51. The molecule has 0 unspecified atom stereocenters. The molecule has 8 aromatic rings. The molecule has 0 fully saturated rings. The Bertz CT molecular complexity index is 2550. The smallest absolute Gasteiger partial charge is 0.0640 e. The van der Waals surface area contributed by atoms with E-state index in [4.69, 9.17) is 0 Å². The lowest BCUT2D eigenvalue weighted by Gasteiger charge is -2.28. The third kappa shape index (κ3) is 3.77. The van der Waals surface area contributed by atoms with Crippen LogP contribution in [0, 0.1) is 0 Å². The van der Waals surface area contributed by atoms with Gasteiger partial charge in [-0.3, -0.25) is 0 Å². The largest absolute Gasteiger partial charge is 0.309 e. The first kappa shape index (κ1) is 24.4. The maximum absolute atomic E-state index is 2.51. The minimum atomic E-state index is 0.852. The van der Waals surface area contributed by atoms with E-state index in [0.717, 1.165) is 6.42 Å². The topological polar surface area (TPSA) is 3.24 Å². The van der Waals surface area contributed by atoms with Gasteiger partial charge in [0.25, 0.3) is 0 Å². The van der Waals surface area contributed by atoms with Crippen LogP contribution in [0.15, 0.2) is 145 Å². The van der Waals surface area contributed by atoms with Crippen LogP contribution in [0.5, 0.6) is 0 Å². The third-order valence-corrected chi connectivity index (χ3v) is 10.1. The fraction of sp³-hybridized carbons (Fsp3) is 0.0244. The van der Waals surface area contributed by atoms with Crippen molar-refractivity contribution in [2.24, 2.45) is 0 Å². The normalized spacial score (nSPS) is 13.1. The second kappa shape index (κ2) is 9.69. The van der Waals surface area contributed by atoms with Gasteiger partial charge < -0.3 is 4.90 Å². The van der Waals surface area contributed by atoms with Crippen molar-refractivity contribution in [2.45, 2.75) is 6.42 Å². The van der Waals surface area contributed by atoms with Crippen LogP contribution < -0.4 is 15.3 Å². The number of benzene rings is 7. The van der Waals surface area contributed by atoms with E-state index in [9.17, 15) is 0 Å². The third-order valence-electron chi connectivity index (χ3n) is 8.85. The lowest BCUT2D eigenvalue weighted by molar-refractivity contribution is 1.24. The average Bonchev–Trinajstić information content (AvgIpc) is 3.31. The van der Waals surface area contributed by atoms with Crippen molar-refractivity contribution in [2.75, 3.05) is 4.90 Å². The van der Waals surface area contributed by atoms with Crippen LogP contribution in [0.2, 0.25) is 0 Å². The van der Waals surface area contributed by atoms with Crippen LogP contribution in [-0.4, -0.2) is 0 Å². The van der Waals surface area contributed by atoms with Gasteiger partial charge in [0, 0.05) is 26.6 Å². The Labute approximate surface area is 253 Å². The van der Waals surface area contributed by atoms with Gasteiger partial charge in [0.1, 0.15) is 0 Å². The summed E-state index contributed by atoms with van der Waals surface area (Å²) >= 11 is 1.89. The molecule has 2 heteroatoms. The molecule has 0 bridgehead atoms. The molecule has 1 aliphatic carbocycles. The molecular weight excluding hydrogens is 539 g/mol. The van der Waals surface area contributed by atoms with Crippen LogP contribution >= 0.6 is 11.3 Å². The summed E-state index contributed by atoms with van der Waals surface area (Å²) in [5, 5.41) is 12.9. The SMILES string of the molecule is C1=C(N(c2cccc3ccccc23)c2cccc3c2sc2ccccc23)C=c2c(c3ccccc3c3ccccc23)=CC1. The van der Waals surface area contributed by atoms with Gasteiger partial charge in [0.2, 0.25) is 0 Å². The monoisotopic (exact) mass is 565 g/mol. The van der Waals surface area contributed by atoms with Crippen LogP contribution in [0.25, 0.3) is 64.6 Å². The average molecular weight is 566 g/mol. The van der Waals surface area contributed by atoms with Crippen molar-refractivity contribution in [3.05, 3.63) is 156 Å². The molecule has 0 radical (unpaired) electrons. The van der Waals surface area contributed by atoms with Crippen molar-refractivity contribution < 1.29 is 0 Å². The van der Waals surface area contributed by atoms with Gasteiger partial charge in [0.05, 0.1) is 16.1 Å². The first-order valence-electron chi connectivity index (χ1n) is 14.8. The Kier molecular flexibility index (Phi) is 5.50. The molecule has 0 saturated heterocycles. The number of thiophene rings is 1. The second-order valence-electron chi connectivity index (χ2n) is 11.2. The highest BCUT2D eigenvalue weighted by atomic mass is 32.1. The van der Waals surface area contributed by atoms with E-state index in [-0.39, 0.29) is 0 Å². The van der Waals surface area contributed by atoms with Gasteiger partial charge in [-0.05, 0) is 68.1 Å². The molecule has 0 aliphatic heterocycles. The molecule has 43 heavy (non-hydrogen) atoms. The van der Waals surface area contributed by atoms with Crippen molar-refractivity contribution in [3.8, 4) is 0 Å². The number of hydrogen-bond acceptors (Lipinski definition) is 2. The predicted molar refractivity (Wildman–Crippen MR) is 188 cm³/mol. The summed E-state index contributed by atoms with van der Waals surface area (Å²) in [6.45, 7) is 0. The van der Waals surface area contributed by atoms with Gasteiger partial charge in [0.15, 0.2) is 0 Å². The Hall–Kier alpha value is -5.18. The Morgan fingerprint density at radius 1 is 0.442 bits per heavy atom. The number of anilines is 2. The van der Waals surface area contributed by atoms with Gasteiger partial charge >= 0.3 is 0 Å². The van der Waals surface area contributed by atoms with Crippen molar-refractivity contribution in [3.63, 3.8) is 0 Å². The molecule has 7 aromatic carbocycles. The van der Waals surface area contributed by atoms with E-state index in [2.05, 4.69) is 157 Å². The lowest BCUT2D eigenvalue weighted by Crippen LogP contribution is -2.27. The second-order valence-corrected chi connectivity index (χ2v) is 12.3. The van der Waals surface area contributed by atoms with Gasteiger partial charge in [-0.25, -0.2) is 0 Å². The standard InChI is InChI=1S/C41H27NS/c1-2-15-29-27(12-1)13-9-23-38(29)42(39-24-11-22-36-35-20-7-8-25-40(35)43-41(36)39)28-14-10-21-34-32-18-4-3-16-30(32)31-17-5-6-19-33(31)37(34)26-28/h1-9,11-26H,10H2. The van der Waals surface area contributed by atoms with Gasteiger partial charge in [-0.2, -0.15) is 0 Å². The van der Waals surface area contributed by atoms with E-state index in [1.54, 1.807) is 0 Å². The maximum Gasteiger partial charge on any atom is 0.0640 e. The molecular formula is C41H27NS. The molecule has 1 aromatic heterocycles. The summed E-state index contributed by atoms with van der Waals surface area (Å²) < 4.78 is 2.63. The highest BCUT2D eigenvalue weighted by molar-refractivity contribution is 7.26.